The van der Waals surface area contributed by atoms with Gasteiger partial charge in [0.05, 0.1) is 33.6 Å². The van der Waals surface area contributed by atoms with Crippen LogP contribution in [0, 0.1) is 17.0 Å². The van der Waals surface area contributed by atoms with Crippen molar-refractivity contribution < 1.29 is 19.6 Å². The number of aromatic hydroxyl groups is 1. The highest BCUT2D eigenvalue weighted by molar-refractivity contribution is 6.05. The first-order chi connectivity index (χ1) is 18.0. The normalized spacial score (nSPS) is 15.5. The van der Waals surface area contributed by atoms with E-state index in [2.05, 4.69) is 28.2 Å². The third-order valence-corrected chi connectivity index (χ3v) is 7.11. The Labute approximate surface area is 218 Å². The quantitative estimate of drug-likeness (QED) is 0.129. The maximum atomic E-state index is 12.8. The smallest absolute Gasteiger partial charge is 0.273 e. The molecule has 11 nitrogen and oxygen atoms in total. The summed E-state index contributed by atoms with van der Waals surface area (Å²) in [7, 11) is 0. The number of hydrogen-bond acceptors (Lipinski definition) is 7. The Morgan fingerprint density at radius 2 is 1.97 bits per heavy atom. The summed E-state index contributed by atoms with van der Waals surface area (Å²) in [5, 5.41) is 27.9. The number of aromatic amines is 2. The number of likely N-dealkylation sites (N-methyl/N-ethyl adjacent to an activating group) is 1. The number of nitro benzene ring substituents is 1. The number of ether oxygens (including phenoxy) is 1. The molecule has 0 bridgehead atoms. The van der Waals surface area contributed by atoms with Crippen LogP contribution in [0.3, 0.4) is 0 Å². The summed E-state index contributed by atoms with van der Waals surface area (Å²) >= 11 is 0. The number of anilines is 2. The van der Waals surface area contributed by atoms with Crippen LogP contribution in [0.2, 0.25) is 0 Å². The Kier molecular flexibility index (Phi) is 6.01. The minimum absolute atomic E-state index is 0.00341. The molecule has 2 aromatic carbocycles. The Bertz CT molecular complexity index is 1580. The van der Waals surface area contributed by atoms with Crippen LogP contribution < -0.4 is 15.4 Å². The molecule has 0 radical (unpaired) electrons. The number of aromatic nitrogens is 3. The first kappa shape index (κ1) is 25.1. The van der Waals surface area contributed by atoms with Crippen molar-refractivity contribution in [1.82, 2.24) is 15.2 Å². The second-order valence-corrected chi connectivity index (χ2v) is 10.0. The highest BCUT2D eigenvalue weighted by Crippen LogP contribution is 2.44. The number of nitro groups is 1. The van der Waals surface area contributed by atoms with Gasteiger partial charge in [-0.05, 0) is 64.7 Å². The maximum Gasteiger partial charge on any atom is 0.273 e. The van der Waals surface area contributed by atoms with Crippen molar-refractivity contribution in [3.8, 4) is 22.9 Å². The number of rotatable bonds is 2. The van der Waals surface area contributed by atoms with Crippen LogP contribution in [0.15, 0.2) is 30.3 Å². The fraction of sp³-hybridized carbons (Fsp3) is 0.333. The van der Waals surface area contributed by atoms with Crippen LogP contribution in [-0.4, -0.2) is 43.3 Å². The summed E-state index contributed by atoms with van der Waals surface area (Å²) in [6.45, 7) is 8.36. The molecule has 11 heteroatoms. The highest BCUT2D eigenvalue weighted by atomic mass is 16.6. The molecule has 6 rings (SSSR count). The lowest BCUT2D eigenvalue weighted by Gasteiger charge is -2.38. The van der Waals surface area contributed by atoms with E-state index in [4.69, 9.17) is 15.6 Å². The largest absolute Gasteiger partial charge is 0.506 e. The summed E-state index contributed by atoms with van der Waals surface area (Å²) in [4.78, 5) is 27.7. The first-order valence-corrected chi connectivity index (χ1v) is 12.5. The lowest BCUT2D eigenvalue weighted by molar-refractivity contribution is -0.384. The zero-order valence-electron chi connectivity index (χ0n) is 21.7. The van der Waals surface area contributed by atoms with Crippen LogP contribution in [0.4, 0.5) is 17.1 Å². The molecule has 5 N–H and O–H groups in total. The van der Waals surface area contributed by atoms with Gasteiger partial charge in [-0.2, -0.15) is 5.10 Å². The number of benzene rings is 2. The Hall–Kier alpha value is -4.54. The van der Waals surface area contributed by atoms with E-state index in [1.165, 1.54) is 23.3 Å². The molecule has 38 heavy (non-hydrogen) atoms. The van der Waals surface area contributed by atoms with E-state index in [-0.39, 0.29) is 23.0 Å². The number of nitrogens with zero attached hydrogens (tertiary/aromatic N) is 3. The molecule has 1 amide bonds. The molecule has 1 aliphatic heterocycles. The number of fused-ring (bicyclic) bond motifs is 6. The summed E-state index contributed by atoms with van der Waals surface area (Å²) in [5.41, 5.74) is 12.1. The average Bonchev–Trinajstić information content (AvgIpc) is 3.34. The molecule has 0 fully saturated rings. The zero-order chi connectivity index (χ0) is 27.4. The number of hydrogen-bond donors (Lipinski definition) is 4. The number of nitrogen functional groups attached to an aromatic ring is 1. The third-order valence-electron chi connectivity index (χ3n) is 7.11. The molecule has 2 aliphatic rings. The number of carbonyl (C=O) groups is 1. The number of phenols is 1. The van der Waals surface area contributed by atoms with E-state index in [1.54, 1.807) is 0 Å². The molecule has 198 valence electrons. The lowest BCUT2D eigenvalue weighted by Crippen LogP contribution is -2.52. The fourth-order valence-corrected chi connectivity index (χ4v) is 5.14. The third kappa shape index (κ3) is 4.09. The van der Waals surface area contributed by atoms with Gasteiger partial charge in [-0.25, -0.2) is 0 Å². The van der Waals surface area contributed by atoms with Gasteiger partial charge < -0.3 is 25.5 Å². The van der Waals surface area contributed by atoms with Crippen LogP contribution >= 0.6 is 0 Å². The minimum atomic E-state index is -0.854. The topological polar surface area (TPSA) is 163 Å². The van der Waals surface area contributed by atoms with Crippen molar-refractivity contribution in [1.29, 1.82) is 0 Å². The molecule has 0 atom stereocenters. The van der Waals surface area contributed by atoms with Gasteiger partial charge >= 0.3 is 0 Å². The van der Waals surface area contributed by atoms with Gasteiger partial charge in [-0.3, -0.25) is 20.0 Å². The van der Waals surface area contributed by atoms with Gasteiger partial charge in [0.15, 0.2) is 5.60 Å². The van der Waals surface area contributed by atoms with Gasteiger partial charge in [0.2, 0.25) is 0 Å². The van der Waals surface area contributed by atoms with Gasteiger partial charge in [-0.15, -0.1) is 0 Å². The first-order valence-electron chi connectivity index (χ1n) is 12.5. The Balaban J connectivity index is 0.000000226. The molecule has 0 unspecified atom stereocenters. The van der Waals surface area contributed by atoms with E-state index in [1.807, 2.05) is 31.7 Å². The van der Waals surface area contributed by atoms with Gasteiger partial charge in [0.25, 0.3) is 11.6 Å². The molecular formula is C27H30N6O5. The molecule has 2 aromatic heterocycles. The van der Waals surface area contributed by atoms with Gasteiger partial charge in [0.1, 0.15) is 17.2 Å². The zero-order valence-corrected chi connectivity index (χ0v) is 21.7. The molecular weight excluding hydrogens is 488 g/mol. The van der Waals surface area contributed by atoms with Crippen molar-refractivity contribution in [2.24, 2.45) is 0 Å². The SMILES string of the molecule is CCN1C(=O)C(C)(C)Oc2cc3[nH]c4c(c3cc21)CCCc1c-4n[nH]c1C.Nc1ccc([N+](=O)[O-])cc1O. The second kappa shape index (κ2) is 9.09. The van der Waals surface area contributed by atoms with Crippen molar-refractivity contribution in [2.75, 3.05) is 17.2 Å². The van der Waals surface area contributed by atoms with E-state index in [0.717, 1.165) is 64.8 Å². The average molecular weight is 519 g/mol. The number of carbonyl (C=O) groups excluding carboxylic acids is 1. The highest BCUT2D eigenvalue weighted by Gasteiger charge is 2.40. The van der Waals surface area contributed by atoms with Crippen LogP contribution in [0.5, 0.6) is 11.5 Å². The van der Waals surface area contributed by atoms with E-state index in [9.17, 15) is 14.9 Å². The molecule has 0 spiro atoms. The number of nitrogens with one attached hydrogen (secondary N) is 2. The van der Waals surface area contributed by atoms with E-state index in [0.29, 0.717) is 6.54 Å². The predicted octanol–water partition coefficient (Wildman–Crippen LogP) is 4.76. The number of phenolic OH excluding ortho intramolecular Hbond substituents is 1. The van der Waals surface area contributed by atoms with Gasteiger partial charge in [0, 0.05) is 35.3 Å². The van der Waals surface area contributed by atoms with Crippen molar-refractivity contribution in [3.63, 3.8) is 0 Å². The minimum Gasteiger partial charge on any atom is -0.506 e. The summed E-state index contributed by atoms with van der Waals surface area (Å²) in [6.07, 6.45) is 3.12. The molecule has 0 saturated carbocycles. The predicted molar refractivity (Wildman–Crippen MR) is 145 cm³/mol. The summed E-state index contributed by atoms with van der Waals surface area (Å²) < 4.78 is 6.07. The number of aryl methyl sites for hydroxylation is 2. The fourth-order valence-electron chi connectivity index (χ4n) is 5.14. The second-order valence-electron chi connectivity index (χ2n) is 10.0. The van der Waals surface area contributed by atoms with Crippen molar-refractivity contribution in [3.05, 3.63) is 57.3 Å². The number of amides is 1. The molecule has 0 saturated heterocycles. The van der Waals surface area contributed by atoms with Crippen LogP contribution in [0.25, 0.3) is 22.3 Å². The summed E-state index contributed by atoms with van der Waals surface area (Å²) in [5.74, 6) is 0.492. The van der Waals surface area contributed by atoms with Crippen LogP contribution in [0.1, 0.15) is 44.0 Å². The number of nitrogens with two attached hydrogens (primary N) is 1. The number of non-ortho nitro benzene ring substituents is 1. The Morgan fingerprint density at radius 1 is 1.24 bits per heavy atom. The number of H-pyrrole nitrogens is 2. The maximum absolute atomic E-state index is 12.8. The standard InChI is InChI=1S/C21H24N4O2.C6H6N2O3/c1-5-25-16-9-14-13-8-6-7-12-11(2)23-24-19(12)18(13)22-15(14)10-17(16)27-21(3,4)20(25)26;7-5-2-1-4(8(10)11)3-6(5)9/h9-10,22H,5-8H2,1-4H3,(H,23,24);1-3,9H,7H2. The molecule has 3 heterocycles. The Morgan fingerprint density at radius 3 is 2.66 bits per heavy atom. The van der Waals surface area contributed by atoms with Crippen LogP contribution in [-0.2, 0) is 17.6 Å². The van der Waals surface area contributed by atoms with E-state index < -0.39 is 10.5 Å². The molecule has 4 aromatic rings. The molecule has 1 aliphatic carbocycles. The lowest BCUT2D eigenvalue weighted by atomic mass is 10.0. The van der Waals surface area contributed by atoms with Gasteiger partial charge in [-0.1, -0.05) is 0 Å². The van der Waals surface area contributed by atoms with E-state index >= 15 is 0 Å². The summed E-state index contributed by atoms with van der Waals surface area (Å²) in [6, 6.07) is 7.67. The van der Waals surface area contributed by atoms with Crippen molar-refractivity contribution >= 4 is 33.9 Å². The van der Waals surface area contributed by atoms with Crippen molar-refractivity contribution in [2.45, 2.75) is 52.6 Å². The monoisotopic (exact) mass is 518 g/mol.